The van der Waals surface area contributed by atoms with Gasteiger partial charge in [0.1, 0.15) is 6.04 Å². The van der Waals surface area contributed by atoms with E-state index < -0.39 is 26.9 Å². The van der Waals surface area contributed by atoms with Crippen molar-refractivity contribution >= 4 is 27.3 Å². The van der Waals surface area contributed by atoms with Crippen LogP contribution in [0.25, 0.3) is 0 Å². The molecular formula is C20H23N3O5S. The molecule has 0 saturated heterocycles. The van der Waals surface area contributed by atoms with E-state index in [4.69, 9.17) is 0 Å². The number of nitrogens with one attached hydrogen (secondary N) is 1. The van der Waals surface area contributed by atoms with Crippen molar-refractivity contribution in [2.45, 2.75) is 38.3 Å². The summed E-state index contributed by atoms with van der Waals surface area (Å²) in [4.78, 5) is 23.4. The molecule has 3 rings (SSSR count). The van der Waals surface area contributed by atoms with E-state index in [1.54, 1.807) is 0 Å². The first kappa shape index (κ1) is 20.8. The van der Waals surface area contributed by atoms with Crippen LogP contribution in [-0.4, -0.2) is 31.5 Å². The first-order valence-electron chi connectivity index (χ1n) is 9.30. The number of carbonyl (C=O) groups excluding carboxylic acids is 1. The molecule has 0 unspecified atom stereocenters. The minimum atomic E-state index is -3.86. The summed E-state index contributed by atoms with van der Waals surface area (Å²) in [5, 5.41) is 14.0. The number of sulfonamides is 1. The second-order valence-corrected chi connectivity index (χ2v) is 9.02. The number of benzene rings is 2. The molecule has 0 heterocycles. The maximum atomic E-state index is 13.0. The number of aryl methyl sites for hydroxylation is 1. The Morgan fingerprint density at radius 3 is 2.66 bits per heavy atom. The van der Waals surface area contributed by atoms with Gasteiger partial charge in [-0.05, 0) is 43.4 Å². The van der Waals surface area contributed by atoms with E-state index >= 15 is 0 Å². The van der Waals surface area contributed by atoms with E-state index in [1.165, 1.54) is 30.7 Å². The number of amides is 1. The topological polar surface area (TPSA) is 110 Å². The Kier molecular flexibility index (Phi) is 5.88. The number of nitro benzene ring substituents is 1. The number of nitrogens with zero attached hydrogens (tertiary/aromatic N) is 2. The van der Waals surface area contributed by atoms with Crippen LogP contribution < -0.4 is 9.62 Å². The normalized spacial score (nSPS) is 17.1. The molecule has 9 heteroatoms. The Labute approximate surface area is 169 Å². The molecule has 0 bridgehead atoms. The number of non-ortho nitro benzene ring substituents is 1. The van der Waals surface area contributed by atoms with Crippen LogP contribution in [0.3, 0.4) is 0 Å². The number of rotatable bonds is 6. The number of hydrogen-bond acceptors (Lipinski definition) is 5. The SMILES string of the molecule is C[C@H](C(=O)N[C@H]1CCCc2ccccc21)N(c1cccc([N+](=O)[O-])c1)S(C)(=O)=O. The summed E-state index contributed by atoms with van der Waals surface area (Å²) < 4.78 is 25.8. The van der Waals surface area contributed by atoms with Crippen molar-refractivity contribution in [2.75, 3.05) is 10.6 Å². The largest absolute Gasteiger partial charge is 0.347 e. The van der Waals surface area contributed by atoms with Crippen LogP contribution >= 0.6 is 0 Å². The molecule has 0 aliphatic heterocycles. The van der Waals surface area contributed by atoms with Gasteiger partial charge in [0.05, 0.1) is 22.9 Å². The first-order chi connectivity index (χ1) is 13.7. The van der Waals surface area contributed by atoms with E-state index in [1.807, 2.05) is 24.3 Å². The van der Waals surface area contributed by atoms with Gasteiger partial charge < -0.3 is 5.32 Å². The Balaban J connectivity index is 1.88. The summed E-state index contributed by atoms with van der Waals surface area (Å²) in [5.41, 5.74) is 2.05. The van der Waals surface area contributed by atoms with E-state index in [9.17, 15) is 23.3 Å². The molecule has 1 amide bonds. The Hall–Kier alpha value is -2.94. The molecule has 0 radical (unpaired) electrons. The lowest BCUT2D eigenvalue weighted by Gasteiger charge is -2.31. The third-order valence-corrected chi connectivity index (χ3v) is 6.31. The molecule has 1 aliphatic carbocycles. The molecule has 2 aromatic carbocycles. The number of nitro groups is 1. The van der Waals surface area contributed by atoms with Crippen molar-refractivity contribution in [3.63, 3.8) is 0 Å². The molecule has 0 spiro atoms. The van der Waals surface area contributed by atoms with Crippen LogP contribution in [-0.2, 0) is 21.2 Å². The Morgan fingerprint density at radius 2 is 1.97 bits per heavy atom. The minimum Gasteiger partial charge on any atom is -0.347 e. The summed E-state index contributed by atoms with van der Waals surface area (Å²) >= 11 is 0. The van der Waals surface area contributed by atoms with E-state index in [0.29, 0.717) is 0 Å². The van der Waals surface area contributed by atoms with Crippen LogP contribution in [0.1, 0.15) is 36.9 Å². The highest BCUT2D eigenvalue weighted by Crippen LogP contribution is 2.30. The lowest BCUT2D eigenvalue weighted by atomic mass is 9.87. The smallest absolute Gasteiger partial charge is 0.271 e. The average Bonchev–Trinajstić information content (AvgIpc) is 2.67. The lowest BCUT2D eigenvalue weighted by molar-refractivity contribution is -0.384. The zero-order valence-corrected chi connectivity index (χ0v) is 17.1. The average molecular weight is 417 g/mol. The van der Waals surface area contributed by atoms with Gasteiger partial charge in [-0.25, -0.2) is 8.42 Å². The number of hydrogen-bond donors (Lipinski definition) is 1. The molecule has 2 atom stereocenters. The predicted octanol–water partition coefficient (Wildman–Crippen LogP) is 2.94. The maximum Gasteiger partial charge on any atom is 0.271 e. The second-order valence-electron chi connectivity index (χ2n) is 7.16. The van der Waals surface area contributed by atoms with Gasteiger partial charge >= 0.3 is 0 Å². The summed E-state index contributed by atoms with van der Waals surface area (Å²) in [6.07, 6.45) is 3.62. The molecule has 1 N–H and O–H groups in total. The molecule has 1 aliphatic rings. The zero-order chi connectivity index (χ0) is 21.2. The Bertz CT molecular complexity index is 1040. The van der Waals surface area contributed by atoms with Gasteiger partial charge in [0.25, 0.3) is 5.69 Å². The zero-order valence-electron chi connectivity index (χ0n) is 16.2. The van der Waals surface area contributed by atoms with E-state index in [2.05, 4.69) is 5.32 Å². The summed E-state index contributed by atoms with van der Waals surface area (Å²) in [6.45, 7) is 1.48. The standard InChI is InChI=1S/C20H23N3O5S/c1-14(20(24)21-19-12-5-8-15-7-3-4-11-18(15)19)22(29(2,27)28)16-9-6-10-17(13-16)23(25)26/h3-4,6-7,9-11,13-14,19H,5,8,12H2,1-2H3,(H,21,24)/t14-,19+/m1/s1. The van der Waals surface area contributed by atoms with Crippen LogP contribution in [0.5, 0.6) is 0 Å². The van der Waals surface area contributed by atoms with Crippen molar-refractivity contribution in [1.29, 1.82) is 0 Å². The second kappa shape index (κ2) is 8.20. The fraction of sp³-hybridized carbons (Fsp3) is 0.350. The van der Waals surface area contributed by atoms with Crippen molar-refractivity contribution in [2.24, 2.45) is 0 Å². The molecular weight excluding hydrogens is 394 g/mol. The van der Waals surface area contributed by atoms with Crippen molar-refractivity contribution in [1.82, 2.24) is 5.32 Å². The summed E-state index contributed by atoms with van der Waals surface area (Å²) in [7, 11) is -3.86. The fourth-order valence-electron chi connectivity index (χ4n) is 3.75. The molecule has 8 nitrogen and oxygen atoms in total. The molecule has 2 aromatic rings. The van der Waals surface area contributed by atoms with Gasteiger partial charge in [-0.3, -0.25) is 19.2 Å². The quantitative estimate of drug-likeness (QED) is 0.574. The van der Waals surface area contributed by atoms with Crippen LogP contribution in [0, 0.1) is 10.1 Å². The van der Waals surface area contributed by atoms with Gasteiger partial charge in [-0.15, -0.1) is 0 Å². The monoisotopic (exact) mass is 417 g/mol. The Morgan fingerprint density at radius 1 is 1.24 bits per heavy atom. The number of carbonyl (C=O) groups is 1. The van der Waals surface area contributed by atoms with Gasteiger partial charge in [0.2, 0.25) is 15.9 Å². The van der Waals surface area contributed by atoms with Gasteiger partial charge in [0, 0.05) is 12.1 Å². The van der Waals surface area contributed by atoms with Crippen LogP contribution in [0.2, 0.25) is 0 Å². The molecule has 154 valence electrons. The van der Waals surface area contributed by atoms with Crippen LogP contribution in [0.4, 0.5) is 11.4 Å². The molecule has 0 aromatic heterocycles. The van der Waals surface area contributed by atoms with E-state index in [-0.39, 0.29) is 17.4 Å². The van der Waals surface area contributed by atoms with Crippen molar-refractivity contribution < 1.29 is 18.1 Å². The molecule has 0 saturated carbocycles. The maximum absolute atomic E-state index is 13.0. The van der Waals surface area contributed by atoms with Gasteiger partial charge in [-0.1, -0.05) is 30.3 Å². The minimum absolute atomic E-state index is 0.0772. The van der Waals surface area contributed by atoms with Crippen LogP contribution in [0.15, 0.2) is 48.5 Å². The van der Waals surface area contributed by atoms with Gasteiger partial charge in [-0.2, -0.15) is 0 Å². The fourth-order valence-corrected chi connectivity index (χ4v) is 4.92. The predicted molar refractivity (Wildman–Crippen MR) is 110 cm³/mol. The summed E-state index contributed by atoms with van der Waals surface area (Å²) in [6, 6.07) is 11.9. The van der Waals surface area contributed by atoms with Gasteiger partial charge in [0.15, 0.2) is 0 Å². The van der Waals surface area contributed by atoms with E-state index in [0.717, 1.165) is 41.5 Å². The molecule has 29 heavy (non-hydrogen) atoms. The summed E-state index contributed by atoms with van der Waals surface area (Å²) in [5.74, 6) is -0.455. The van der Waals surface area contributed by atoms with Crippen molar-refractivity contribution in [3.8, 4) is 0 Å². The number of fused-ring (bicyclic) bond motifs is 1. The third kappa shape index (κ3) is 4.56. The molecule has 0 fully saturated rings. The lowest BCUT2D eigenvalue weighted by Crippen LogP contribution is -2.49. The highest BCUT2D eigenvalue weighted by atomic mass is 32.2. The first-order valence-corrected chi connectivity index (χ1v) is 11.2. The van der Waals surface area contributed by atoms with Crippen molar-refractivity contribution in [3.05, 3.63) is 69.8 Å². The number of anilines is 1. The highest BCUT2D eigenvalue weighted by Gasteiger charge is 2.32. The highest BCUT2D eigenvalue weighted by molar-refractivity contribution is 7.92. The third-order valence-electron chi connectivity index (χ3n) is 5.07.